The molecule has 1 nitrogen and oxygen atoms in total. The maximum absolute atomic E-state index is 2.57. The van der Waals surface area contributed by atoms with Gasteiger partial charge in [0, 0.05) is 22.5 Å². The summed E-state index contributed by atoms with van der Waals surface area (Å²) in [5.74, 6) is 2.80. The van der Waals surface area contributed by atoms with E-state index in [1.54, 1.807) is 5.56 Å². The van der Waals surface area contributed by atoms with Crippen molar-refractivity contribution in [3.05, 3.63) is 220 Å². The van der Waals surface area contributed by atoms with Crippen molar-refractivity contribution in [3.63, 3.8) is 0 Å². The summed E-state index contributed by atoms with van der Waals surface area (Å²) < 4.78 is 0. The number of rotatable bonds is 5. The fourth-order valence-electron chi connectivity index (χ4n) is 15.3. The normalized spacial score (nSPS) is 23.9. The molecule has 8 aromatic rings. The van der Waals surface area contributed by atoms with Gasteiger partial charge < -0.3 is 4.90 Å². The molecule has 0 aliphatic heterocycles. The Kier molecular flexibility index (Phi) is 8.19. The maximum Gasteiger partial charge on any atom is 0.0726 e. The highest BCUT2D eigenvalue weighted by Crippen LogP contribution is 2.65. The summed E-state index contributed by atoms with van der Waals surface area (Å²) in [6.45, 7) is 11.8. The van der Waals surface area contributed by atoms with Gasteiger partial charge in [0.25, 0.3) is 0 Å². The van der Waals surface area contributed by atoms with E-state index in [4.69, 9.17) is 0 Å². The molecular formula is C66H59N. The first-order valence-electron chi connectivity index (χ1n) is 25.2. The molecule has 0 amide bonds. The van der Waals surface area contributed by atoms with E-state index < -0.39 is 5.41 Å². The second-order valence-electron chi connectivity index (χ2n) is 23.1. The zero-order chi connectivity index (χ0) is 45.0. The van der Waals surface area contributed by atoms with Crippen molar-refractivity contribution in [2.24, 2.45) is 17.8 Å². The fourth-order valence-corrected chi connectivity index (χ4v) is 15.3. The first-order valence-corrected chi connectivity index (χ1v) is 25.2. The van der Waals surface area contributed by atoms with Crippen LogP contribution in [0.5, 0.6) is 0 Å². The molecule has 1 atom stereocenters. The van der Waals surface area contributed by atoms with Crippen LogP contribution in [0.4, 0.5) is 17.1 Å². The third kappa shape index (κ3) is 5.55. The van der Waals surface area contributed by atoms with Crippen LogP contribution < -0.4 is 4.90 Å². The van der Waals surface area contributed by atoms with Gasteiger partial charge in [-0.05, 0) is 193 Å². The van der Waals surface area contributed by atoms with Crippen LogP contribution in [0.1, 0.15) is 118 Å². The number of hydrogen-bond donors (Lipinski definition) is 0. The minimum absolute atomic E-state index is 0.00759. The molecule has 15 rings (SSSR count). The van der Waals surface area contributed by atoms with Gasteiger partial charge in [0.2, 0.25) is 0 Å². The van der Waals surface area contributed by atoms with Crippen LogP contribution in [0.15, 0.2) is 176 Å². The van der Waals surface area contributed by atoms with E-state index in [2.05, 4.69) is 215 Å². The zero-order valence-electron chi connectivity index (χ0n) is 39.7. The van der Waals surface area contributed by atoms with Crippen LogP contribution in [-0.4, -0.2) is 0 Å². The predicted molar refractivity (Wildman–Crippen MR) is 279 cm³/mol. The van der Waals surface area contributed by atoms with E-state index in [1.807, 2.05) is 0 Å². The fraction of sp³-hybridized carbons (Fsp3) is 0.273. The minimum Gasteiger partial charge on any atom is -0.310 e. The first-order chi connectivity index (χ1) is 32.5. The Morgan fingerprint density at radius 3 is 1.55 bits per heavy atom. The molecule has 4 bridgehead atoms. The molecule has 1 heteroatoms. The number of hydrogen-bond acceptors (Lipinski definition) is 1. The van der Waals surface area contributed by atoms with Crippen LogP contribution in [0, 0.1) is 17.8 Å². The van der Waals surface area contributed by atoms with Crippen molar-refractivity contribution >= 4 is 17.1 Å². The number of fused-ring (bicyclic) bond motifs is 13. The predicted octanol–water partition coefficient (Wildman–Crippen LogP) is 17.2. The third-order valence-electron chi connectivity index (χ3n) is 18.0. The van der Waals surface area contributed by atoms with Gasteiger partial charge in [0.1, 0.15) is 0 Å². The molecule has 7 aliphatic rings. The third-order valence-corrected chi connectivity index (χ3v) is 18.0. The van der Waals surface area contributed by atoms with E-state index in [0.29, 0.717) is 5.41 Å². The molecule has 0 N–H and O–H groups in total. The second-order valence-corrected chi connectivity index (χ2v) is 23.1. The summed E-state index contributed by atoms with van der Waals surface area (Å²) in [5.41, 5.74) is 25.3. The molecular weight excluding hydrogens is 807 g/mol. The lowest BCUT2D eigenvalue weighted by molar-refractivity contribution is -0.00516. The lowest BCUT2D eigenvalue weighted by Gasteiger charge is -2.57. The quantitative estimate of drug-likeness (QED) is 0.167. The molecule has 0 heterocycles. The van der Waals surface area contributed by atoms with Gasteiger partial charge in [-0.15, -0.1) is 0 Å². The van der Waals surface area contributed by atoms with Crippen LogP contribution in [0.25, 0.3) is 44.5 Å². The van der Waals surface area contributed by atoms with Gasteiger partial charge in [0.15, 0.2) is 0 Å². The minimum atomic E-state index is -0.451. The summed E-state index contributed by atoms with van der Waals surface area (Å²) >= 11 is 0. The zero-order valence-corrected chi connectivity index (χ0v) is 39.7. The van der Waals surface area contributed by atoms with E-state index in [9.17, 15) is 0 Å². The van der Waals surface area contributed by atoms with Gasteiger partial charge >= 0.3 is 0 Å². The van der Waals surface area contributed by atoms with Crippen molar-refractivity contribution in [2.75, 3.05) is 4.90 Å². The number of nitrogens with zero attached hydrogens (tertiary/aromatic N) is 1. The molecule has 0 radical (unpaired) electrons. The molecule has 67 heavy (non-hydrogen) atoms. The SMILES string of the molecule is CC(C)(C)c1ccc2c(c1)C1(c3ccccc3-c3ccc(N(c4ccc(-c5cccc(C67CC8CC(CC(C8)C6)C7)c5)cc4)c4ccc5c(c4)-c4ccccc4C5(C)C)cc31)c1ccccc1-2. The average molecular weight is 866 g/mol. The number of benzene rings is 8. The van der Waals surface area contributed by atoms with E-state index >= 15 is 0 Å². The summed E-state index contributed by atoms with van der Waals surface area (Å²) in [6, 6.07) is 68.7. The molecule has 328 valence electrons. The molecule has 0 aromatic heterocycles. The van der Waals surface area contributed by atoms with Gasteiger partial charge in [0.05, 0.1) is 5.41 Å². The van der Waals surface area contributed by atoms with Gasteiger partial charge in [-0.3, -0.25) is 0 Å². The van der Waals surface area contributed by atoms with Crippen LogP contribution in [-0.2, 0) is 21.7 Å². The van der Waals surface area contributed by atoms with E-state index in [1.165, 1.54) is 139 Å². The molecule has 0 saturated heterocycles. The van der Waals surface area contributed by atoms with Gasteiger partial charge in [-0.2, -0.15) is 0 Å². The van der Waals surface area contributed by atoms with Crippen LogP contribution in [0.3, 0.4) is 0 Å². The highest BCUT2D eigenvalue weighted by atomic mass is 15.1. The topological polar surface area (TPSA) is 3.24 Å². The Labute approximate surface area is 397 Å². The Bertz CT molecular complexity index is 3310. The lowest BCUT2D eigenvalue weighted by Crippen LogP contribution is -2.48. The van der Waals surface area contributed by atoms with E-state index in [0.717, 1.165) is 17.8 Å². The van der Waals surface area contributed by atoms with Crippen molar-refractivity contribution in [3.8, 4) is 44.5 Å². The smallest absolute Gasteiger partial charge is 0.0726 e. The van der Waals surface area contributed by atoms with Crippen molar-refractivity contribution in [1.82, 2.24) is 0 Å². The van der Waals surface area contributed by atoms with Crippen molar-refractivity contribution < 1.29 is 0 Å². The Hall–Kier alpha value is -6.44. The Morgan fingerprint density at radius 2 is 0.910 bits per heavy atom. The Morgan fingerprint density at radius 1 is 0.403 bits per heavy atom. The lowest BCUT2D eigenvalue weighted by atomic mass is 9.48. The molecule has 4 saturated carbocycles. The number of anilines is 3. The summed E-state index contributed by atoms with van der Waals surface area (Å²) in [6.07, 6.45) is 8.59. The molecule has 1 unspecified atom stereocenters. The summed E-state index contributed by atoms with van der Waals surface area (Å²) in [7, 11) is 0. The standard InChI is InChI=1S/C66H59N/c1-63(2,3)46-23-28-54-51-15-7-10-19-59(51)66(61(54)35-46)60-20-11-8-16-52(60)55-29-26-50(37-62(55)66)67(49-27-30-58-56(36-49)53-17-6-9-18-57(53)64(58,4)5)48-24-21-44(22-25-48)45-13-12-14-47(34-45)65-38-41-31-42(39-65)33-43(32-41)40-65/h6-30,34-37,41-43H,31-33,38-40H2,1-5H3. The van der Waals surface area contributed by atoms with Crippen molar-refractivity contribution in [1.29, 1.82) is 0 Å². The molecule has 1 spiro atoms. The second kappa shape index (κ2) is 13.8. The Balaban J connectivity index is 0.947. The van der Waals surface area contributed by atoms with Gasteiger partial charge in [-0.25, -0.2) is 0 Å². The largest absolute Gasteiger partial charge is 0.310 e. The highest BCUT2D eigenvalue weighted by Gasteiger charge is 2.53. The summed E-state index contributed by atoms with van der Waals surface area (Å²) in [5, 5.41) is 0. The monoisotopic (exact) mass is 865 g/mol. The van der Waals surface area contributed by atoms with E-state index in [-0.39, 0.29) is 10.8 Å². The highest BCUT2D eigenvalue weighted by molar-refractivity contribution is 5.97. The molecule has 7 aliphatic carbocycles. The van der Waals surface area contributed by atoms with Crippen molar-refractivity contribution in [2.45, 2.75) is 94.8 Å². The average Bonchev–Trinajstić information content (AvgIpc) is 3.89. The van der Waals surface area contributed by atoms with Crippen LogP contribution in [0.2, 0.25) is 0 Å². The van der Waals surface area contributed by atoms with Gasteiger partial charge in [-0.1, -0.05) is 174 Å². The van der Waals surface area contributed by atoms with Crippen LogP contribution >= 0.6 is 0 Å². The molecule has 8 aromatic carbocycles. The first kappa shape index (κ1) is 39.7. The maximum atomic E-state index is 2.57. The molecule has 4 fully saturated rings. The summed E-state index contributed by atoms with van der Waals surface area (Å²) in [4.78, 5) is 2.54.